The van der Waals surface area contributed by atoms with E-state index in [1.807, 2.05) is 7.05 Å². The van der Waals surface area contributed by atoms with Crippen molar-refractivity contribution in [3.05, 3.63) is 24.3 Å². The van der Waals surface area contributed by atoms with Gasteiger partial charge in [-0.15, -0.1) is 0 Å². The van der Waals surface area contributed by atoms with Crippen LogP contribution in [-0.4, -0.2) is 26.9 Å². The third-order valence-corrected chi connectivity index (χ3v) is 3.67. The van der Waals surface area contributed by atoms with Gasteiger partial charge in [-0.2, -0.15) is 0 Å². The SMILES string of the molecule is CCCN(CCC(C)CC)c1ccc(OCNC)cc1. The minimum absolute atomic E-state index is 0.548. The highest BCUT2D eigenvalue weighted by atomic mass is 16.5. The van der Waals surface area contributed by atoms with E-state index in [1.54, 1.807) is 0 Å². The number of nitrogens with zero attached hydrogens (tertiary/aromatic N) is 1. The van der Waals surface area contributed by atoms with Crippen molar-refractivity contribution in [2.75, 3.05) is 31.8 Å². The molecule has 0 radical (unpaired) electrons. The maximum atomic E-state index is 5.54. The number of nitrogens with one attached hydrogen (secondary N) is 1. The predicted molar refractivity (Wildman–Crippen MR) is 87.6 cm³/mol. The van der Waals surface area contributed by atoms with Crippen LogP contribution in [0.5, 0.6) is 5.75 Å². The molecular weight excluding hydrogens is 248 g/mol. The van der Waals surface area contributed by atoms with Crippen LogP contribution in [0.3, 0.4) is 0 Å². The van der Waals surface area contributed by atoms with Gasteiger partial charge in [0.1, 0.15) is 12.5 Å². The smallest absolute Gasteiger partial charge is 0.139 e. The molecule has 1 aromatic rings. The van der Waals surface area contributed by atoms with Gasteiger partial charge in [-0.1, -0.05) is 27.2 Å². The summed E-state index contributed by atoms with van der Waals surface area (Å²) in [6.07, 6.45) is 3.70. The monoisotopic (exact) mass is 278 g/mol. The predicted octanol–water partition coefficient (Wildman–Crippen LogP) is 3.89. The molecule has 20 heavy (non-hydrogen) atoms. The maximum absolute atomic E-state index is 5.54. The van der Waals surface area contributed by atoms with E-state index in [-0.39, 0.29) is 0 Å². The van der Waals surface area contributed by atoms with Crippen LogP contribution in [0.15, 0.2) is 24.3 Å². The number of ether oxygens (including phenoxy) is 1. The zero-order valence-corrected chi connectivity index (χ0v) is 13.5. The van der Waals surface area contributed by atoms with Crippen molar-refractivity contribution in [3.8, 4) is 5.75 Å². The summed E-state index contributed by atoms with van der Waals surface area (Å²) >= 11 is 0. The van der Waals surface area contributed by atoms with Gasteiger partial charge in [0.25, 0.3) is 0 Å². The minimum atomic E-state index is 0.548. The highest BCUT2D eigenvalue weighted by Gasteiger charge is 2.08. The summed E-state index contributed by atoms with van der Waals surface area (Å²) in [4.78, 5) is 2.48. The normalized spacial score (nSPS) is 12.2. The second-order valence-electron chi connectivity index (χ2n) is 5.43. The van der Waals surface area contributed by atoms with Crippen molar-refractivity contribution in [3.63, 3.8) is 0 Å². The molecule has 0 aliphatic heterocycles. The largest absolute Gasteiger partial charge is 0.478 e. The van der Waals surface area contributed by atoms with Gasteiger partial charge in [-0.25, -0.2) is 0 Å². The Bertz CT molecular complexity index is 351. The average Bonchev–Trinajstić information content (AvgIpc) is 2.49. The second kappa shape index (κ2) is 9.65. The van der Waals surface area contributed by atoms with E-state index in [4.69, 9.17) is 4.74 Å². The Morgan fingerprint density at radius 2 is 1.85 bits per heavy atom. The molecule has 114 valence electrons. The maximum Gasteiger partial charge on any atom is 0.139 e. The quantitative estimate of drug-likeness (QED) is 0.657. The molecule has 0 bridgehead atoms. The van der Waals surface area contributed by atoms with Crippen molar-refractivity contribution in [1.82, 2.24) is 5.32 Å². The van der Waals surface area contributed by atoms with Crippen molar-refractivity contribution >= 4 is 5.69 Å². The molecule has 0 fully saturated rings. The summed E-state index contributed by atoms with van der Waals surface area (Å²) in [6.45, 7) is 9.64. The van der Waals surface area contributed by atoms with E-state index in [1.165, 1.54) is 24.9 Å². The third-order valence-electron chi connectivity index (χ3n) is 3.67. The molecule has 3 heteroatoms. The molecule has 0 aliphatic rings. The summed E-state index contributed by atoms with van der Waals surface area (Å²) in [5.74, 6) is 1.72. The van der Waals surface area contributed by atoms with Gasteiger partial charge >= 0.3 is 0 Å². The van der Waals surface area contributed by atoms with Gasteiger partial charge in [0, 0.05) is 18.8 Å². The third kappa shape index (κ3) is 5.83. The van der Waals surface area contributed by atoms with Gasteiger partial charge in [0.2, 0.25) is 0 Å². The van der Waals surface area contributed by atoms with Crippen LogP contribution in [0.25, 0.3) is 0 Å². The molecular formula is C17H30N2O. The first kappa shape index (κ1) is 16.8. The number of anilines is 1. The van der Waals surface area contributed by atoms with Gasteiger partial charge in [-0.05, 0) is 50.1 Å². The molecule has 0 spiro atoms. The first-order valence-electron chi connectivity index (χ1n) is 7.83. The molecule has 1 atom stereocenters. The minimum Gasteiger partial charge on any atom is -0.478 e. The van der Waals surface area contributed by atoms with E-state index >= 15 is 0 Å². The Morgan fingerprint density at radius 1 is 1.15 bits per heavy atom. The second-order valence-corrected chi connectivity index (χ2v) is 5.43. The zero-order chi connectivity index (χ0) is 14.8. The molecule has 0 aromatic heterocycles. The fourth-order valence-electron chi connectivity index (χ4n) is 2.13. The van der Waals surface area contributed by atoms with Crippen molar-refractivity contribution in [2.45, 2.75) is 40.0 Å². The first-order valence-corrected chi connectivity index (χ1v) is 7.83. The van der Waals surface area contributed by atoms with E-state index < -0.39 is 0 Å². The molecule has 3 nitrogen and oxygen atoms in total. The van der Waals surface area contributed by atoms with Gasteiger partial charge < -0.3 is 9.64 Å². The Morgan fingerprint density at radius 3 is 2.40 bits per heavy atom. The number of benzene rings is 1. The fourth-order valence-corrected chi connectivity index (χ4v) is 2.13. The van der Waals surface area contributed by atoms with E-state index in [0.717, 1.165) is 24.8 Å². The van der Waals surface area contributed by atoms with Crippen LogP contribution in [-0.2, 0) is 0 Å². The molecule has 0 saturated carbocycles. The van der Waals surface area contributed by atoms with E-state index in [0.29, 0.717) is 6.73 Å². The van der Waals surface area contributed by atoms with Gasteiger partial charge in [0.05, 0.1) is 0 Å². The molecule has 0 amide bonds. The van der Waals surface area contributed by atoms with Gasteiger partial charge in [-0.3, -0.25) is 5.32 Å². The van der Waals surface area contributed by atoms with Crippen LogP contribution in [0.4, 0.5) is 5.69 Å². The number of hydrogen-bond acceptors (Lipinski definition) is 3. The first-order chi connectivity index (χ1) is 9.71. The summed E-state index contributed by atoms with van der Waals surface area (Å²) in [5, 5.41) is 2.98. The lowest BCUT2D eigenvalue weighted by atomic mass is 10.0. The van der Waals surface area contributed by atoms with Crippen molar-refractivity contribution < 1.29 is 4.74 Å². The van der Waals surface area contributed by atoms with Crippen LogP contribution in [0.2, 0.25) is 0 Å². The lowest BCUT2D eigenvalue weighted by Gasteiger charge is -2.26. The molecule has 0 heterocycles. The lowest BCUT2D eigenvalue weighted by Crippen LogP contribution is -2.26. The highest BCUT2D eigenvalue weighted by molar-refractivity contribution is 5.49. The number of hydrogen-bond donors (Lipinski definition) is 1. The topological polar surface area (TPSA) is 24.5 Å². The number of rotatable bonds is 10. The van der Waals surface area contributed by atoms with Crippen molar-refractivity contribution in [2.24, 2.45) is 5.92 Å². The summed E-state index contributed by atoms with van der Waals surface area (Å²) in [6, 6.07) is 8.44. The van der Waals surface area contributed by atoms with E-state index in [2.05, 4.69) is 55.3 Å². The fraction of sp³-hybridized carbons (Fsp3) is 0.647. The van der Waals surface area contributed by atoms with Crippen LogP contribution < -0.4 is 15.0 Å². The standard InChI is InChI=1S/C17H30N2O/c1-5-12-19(13-11-15(3)6-2)16-7-9-17(10-8-16)20-14-18-4/h7-10,15,18H,5-6,11-14H2,1-4H3. The summed E-state index contributed by atoms with van der Waals surface area (Å²) in [7, 11) is 1.88. The lowest BCUT2D eigenvalue weighted by molar-refractivity contribution is 0.296. The van der Waals surface area contributed by atoms with Gasteiger partial charge in [0.15, 0.2) is 0 Å². The Labute approximate surface area is 124 Å². The van der Waals surface area contributed by atoms with Crippen molar-refractivity contribution in [1.29, 1.82) is 0 Å². The molecule has 1 N–H and O–H groups in total. The van der Waals surface area contributed by atoms with E-state index in [9.17, 15) is 0 Å². The Balaban J connectivity index is 2.61. The summed E-state index contributed by atoms with van der Waals surface area (Å²) in [5.41, 5.74) is 1.30. The highest BCUT2D eigenvalue weighted by Crippen LogP contribution is 2.21. The average molecular weight is 278 g/mol. The molecule has 1 unspecified atom stereocenters. The van der Waals surface area contributed by atoms with Crippen LogP contribution >= 0.6 is 0 Å². The zero-order valence-electron chi connectivity index (χ0n) is 13.5. The molecule has 0 aliphatic carbocycles. The Kier molecular flexibility index (Phi) is 8.12. The van der Waals surface area contributed by atoms with Crippen LogP contribution in [0.1, 0.15) is 40.0 Å². The summed E-state index contributed by atoms with van der Waals surface area (Å²) < 4.78 is 5.54. The molecule has 0 saturated heterocycles. The van der Waals surface area contributed by atoms with Crippen LogP contribution in [0, 0.1) is 5.92 Å². The Hall–Kier alpha value is -1.22. The molecule has 1 aromatic carbocycles. The molecule has 1 rings (SSSR count).